The minimum Gasteiger partial charge on any atom is -0.496 e. The summed E-state index contributed by atoms with van der Waals surface area (Å²) in [4.78, 5) is 28.4. The van der Waals surface area contributed by atoms with E-state index in [1.165, 1.54) is 0 Å². The van der Waals surface area contributed by atoms with Crippen molar-refractivity contribution in [3.8, 4) is 5.75 Å². The Morgan fingerprint density at radius 2 is 2.05 bits per heavy atom. The average Bonchev–Trinajstić information content (AvgIpc) is 2.92. The van der Waals surface area contributed by atoms with E-state index in [2.05, 4.69) is 0 Å². The smallest absolute Gasteiger partial charge is 0.249 e. The van der Waals surface area contributed by atoms with Gasteiger partial charge in [0.1, 0.15) is 11.8 Å². The predicted molar refractivity (Wildman–Crippen MR) is 79.4 cm³/mol. The van der Waals surface area contributed by atoms with E-state index in [1.807, 2.05) is 25.1 Å². The molecule has 0 radical (unpaired) electrons. The Bertz CT molecular complexity index is 585. The molecule has 0 N–H and O–H groups in total. The fraction of sp³-hybridized carbons (Fsp3) is 0.500. The zero-order valence-corrected chi connectivity index (χ0v) is 12.5. The molecular formula is C16H20N2O3. The second-order valence-electron chi connectivity index (χ2n) is 5.64. The van der Waals surface area contributed by atoms with Crippen LogP contribution in [0.4, 0.5) is 5.69 Å². The van der Waals surface area contributed by atoms with Crippen molar-refractivity contribution in [3.63, 3.8) is 0 Å². The molecule has 2 aliphatic heterocycles. The molecule has 1 aromatic carbocycles. The first-order valence-electron chi connectivity index (χ1n) is 7.37. The van der Waals surface area contributed by atoms with Crippen LogP contribution in [0.1, 0.15) is 24.8 Å². The summed E-state index contributed by atoms with van der Waals surface area (Å²) in [6, 6.07) is 5.43. The lowest BCUT2D eigenvalue weighted by Gasteiger charge is -2.25. The lowest BCUT2D eigenvalue weighted by Crippen LogP contribution is -2.43. The first kappa shape index (κ1) is 13.9. The number of hydrogen-bond acceptors (Lipinski definition) is 3. The van der Waals surface area contributed by atoms with Crippen molar-refractivity contribution in [3.05, 3.63) is 23.8 Å². The summed E-state index contributed by atoms with van der Waals surface area (Å²) in [6.45, 7) is 3.12. The van der Waals surface area contributed by atoms with E-state index in [0.29, 0.717) is 19.5 Å². The lowest BCUT2D eigenvalue weighted by atomic mass is 10.1. The second-order valence-corrected chi connectivity index (χ2v) is 5.64. The van der Waals surface area contributed by atoms with Crippen LogP contribution in [0, 0.1) is 6.92 Å². The Morgan fingerprint density at radius 3 is 2.76 bits per heavy atom. The Morgan fingerprint density at radius 1 is 1.24 bits per heavy atom. The zero-order valence-electron chi connectivity index (χ0n) is 12.5. The minimum atomic E-state index is -0.276. The topological polar surface area (TPSA) is 49.9 Å². The SMILES string of the molecule is COc1ccc(N2CCC(=O)N3CCCC3C2=O)cc1C. The van der Waals surface area contributed by atoms with Crippen LogP contribution in [0.3, 0.4) is 0 Å². The van der Waals surface area contributed by atoms with Crippen molar-refractivity contribution in [1.82, 2.24) is 4.90 Å². The quantitative estimate of drug-likeness (QED) is 0.833. The van der Waals surface area contributed by atoms with Gasteiger partial charge in [-0.2, -0.15) is 0 Å². The molecule has 2 heterocycles. The number of benzene rings is 1. The van der Waals surface area contributed by atoms with Gasteiger partial charge in [-0.3, -0.25) is 9.59 Å². The number of anilines is 1. The number of ether oxygens (including phenoxy) is 1. The number of nitrogens with zero attached hydrogens (tertiary/aromatic N) is 2. The lowest BCUT2D eigenvalue weighted by molar-refractivity contribution is -0.135. The van der Waals surface area contributed by atoms with Crippen molar-refractivity contribution < 1.29 is 14.3 Å². The molecule has 0 saturated carbocycles. The molecule has 2 amide bonds. The van der Waals surface area contributed by atoms with E-state index in [9.17, 15) is 9.59 Å². The maximum atomic E-state index is 12.7. The standard InChI is InChI=1S/C16H20N2O3/c1-11-10-12(5-6-14(11)21-2)17-9-7-15(19)18-8-3-4-13(18)16(17)20/h5-6,10,13H,3-4,7-9H2,1-2H3. The fourth-order valence-electron chi connectivity index (χ4n) is 3.25. The van der Waals surface area contributed by atoms with Gasteiger partial charge in [0.15, 0.2) is 0 Å². The molecule has 112 valence electrons. The van der Waals surface area contributed by atoms with Gasteiger partial charge in [0, 0.05) is 25.2 Å². The first-order valence-corrected chi connectivity index (χ1v) is 7.37. The van der Waals surface area contributed by atoms with Crippen molar-refractivity contribution in [2.75, 3.05) is 25.1 Å². The molecular weight excluding hydrogens is 268 g/mol. The molecule has 2 saturated heterocycles. The summed E-state index contributed by atoms with van der Waals surface area (Å²) in [6.07, 6.45) is 2.08. The monoisotopic (exact) mass is 288 g/mol. The van der Waals surface area contributed by atoms with E-state index >= 15 is 0 Å². The largest absolute Gasteiger partial charge is 0.496 e. The molecule has 2 aliphatic rings. The zero-order chi connectivity index (χ0) is 15.0. The third-order valence-corrected chi connectivity index (χ3v) is 4.36. The summed E-state index contributed by atoms with van der Waals surface area (Å²) in [5.41, 5.74) is 1.83. The van der Waals surface area contributed by atoms with E-state index < -0.39 is 0 Å². The highest BCUT2D eigenvalue weighted by atomic mass is 16.5. The van der Waals surface area contributed by atoms with Crippen LogP contribution in [-0.4, -0.2) is 43.0 Å². The number of fused-ring (bicyclic) bond motifs is 1. The Kier molecular flexibility index (Phi) is 3.57. The maximum Gasteiger partial charge on any atom is 0.249 e. The van der Waals surface area contributed by atoms with Gasteiger partial charge in [-0.1, -0.05) is 0 Å². The van der Waals surface area contributed by atoms with Crippen LogP contribution >= 0.6 is 0 Å². The van der Waals surface area contributed by atoms with E-state index in [-0.39, 0.29) is 17.9 Å². The molecule has 1 unspecified atom stereocenters. The average molecular weight is 288 g/mol. The first-order chi connectivity index (χ1) is 10.1. The number of methoxy groups -OCH3 is 1. The summed E-state index contributed by atoms with van der Waals surface area (Å²) < 4.78 is 5.26. The third kappa shape index (κ3) is 2.37. The van der Waals surface area contributed by atoms with Gasteiger partial charge >= 0.3 is 0 Å². The van der Waals surface area contributed by atoms with Crippen LogP contribution in [0.2, 0.25) is 0 Å². The highest BCUT2D eigenvalue weighted by Crippen LogP contribution is 2.29. The molecule has 1 aromatic rings. The Balaban J connectivity index is 1.92. The molecule has 0 spiro atoms. The summed E-state index contributed by atoms with van der Waals surface area (Å²) in [5, 5.41) is 0. The van der Waals surface area contributed by atoms with Crippen molar-refractivity contribution in [2.45, 2.75) is 32.2 Å². The van der Waals surface area contributed by atoms with Crippen LogP contribution in [0.5, 0.6) is 5.75 Å². The van der Waals surface area contributed by atoms with E-state index in [0.717, 1.165) is 29.8 Å². The van der Waals surface area contributed by atoms with E-state index in [4.69, 9.17) is 4.74 Å². The van der Waals surface area contributed by atoms with E-state index in [1.54, 1.807) is 16.9 Å². The van der Waals surface area contributed by atoms with Gasteiger partial charge < -0.3 is 14.5 Å². The predicted octanol–water partition coefficient (Wildman–Crippen LogP) is 1.73. The molecule has 3 rings (SSSR count). The minimum absolute atomic E-state index is 0.0444. The summed E-state index contributed by atoms with van der Waals surface area (Å²) in [7, 11) is 1.63. The van der Waals surface area contributed by atoms with Crippen molar-refractivity contribution >= 4 is 17.5 Å². The molecule has 0 aliphatic carbocycles. The molecule has 0 bridgehead atoms. The molecule has 5 heteroatoms. The van der Waals surface area contributed by atoms with Gasteiger partial charge in [0.2, 0.25) is 11.8 Å². The number of rotatable bonds is 2. The molecule has 2 fully saturated rings. The van der Waals surface area contributed by atoms with Gasteiger partial charge in [-0.15, -0.1) is 0 Å². The van der Waals surface area contributed by atoms with Crippen LogP contribution < -0.4 is 9.64 Å². The van der Waals surface area contributed by atoms with Crippen LogP contribution in [-0.2, 0) is 9.59 Å². The van der Waals surface area contributed by atoms with Gasteiger partial charge in [-0.05, 0) is 43.5 Å². The number of hydrogen-bond donors (Lipinski definition) is 0. The number of aryl methyl sites for hydroxylation is 1. The second kappa shape index (κ2) is 5.39. The highest BCUT2D eigenvalue weighted by Gasteiger charge is 2.39. The van der Waals surface area contributed by atoms with Gasteiger partial charge in [-0.25, -0.2) is 0 Å². The summed E-state index contributed by atoms with van der Waals surface area (Å²) in [5.74, 6) is 0.945. The fourth-order valence-corrected chi connectivity index (χ4v) is 3.25. The molecule has 21 heavy (non-hydrogen) atoms. The maximum absolute atomic E-state index is 12.7. The van der Waals surface area contributed by atoms with Gasteiger partial charge in [0.25, 0.3) is 0 Å². The molecule has 5 nitrogen and oxygen atoms in total. The van der Waals surface area contributed by atoms with Crippen LogP contribution in [0.15, 0.2) is 18.2 Å². The van der Waals surface area contributed by atoms with Crippen LogP contribution in [0.25, 0.3) is 0 Å². The summed E-state index contributed by atoms with van der Waals surface area (Å²) >= 11 is 0. The number of carbonyl (C=O) groups is 2. The normalized spacial score (nSPS) is 22.3. The van der Waals surface area contributed by atoms with Crippen molar-refractivity contribution in [1.29, 1.82) is 0 Å². The van der Waals surface area contributed by atoms with Gasteiger partial charge in [0.05, 0.1) is 7.11 Å². The highest BCUT2D eigenvalue weighted by molar-refractivity contribution is 6.01. The Labute approximate surface area is 124 Å². The number of carbonyl (C=O) groups excluding carboxylic acids is 2. The Hall–Kier alpha value is -2.04. The molecule has 1 atom stereocenters. The third-order valence-electron chi connectivity index (χ3n) is 4.36. The molecule has 0 aromatic heterocycles. The number of amides is 2. The van der Waals surface area contributed by atoms with Crippen molar-refractivity contribution in [2.24, 2.45) is 0 Å².